The minimum Gasteiger partial charge on any atom is -0.481 e. The second-order valence-electron chi connectivity index (χ2n) is 6.52. The first-order chi connectivity index (χ1) is 12.3. The molecule has 1 aromatic carbocycles. The van der Waals surface area contributed by atoms with Gasteiger partial charge >= 0.3 is 5.97 Å². The Bertz CT molecular complexity index is 656. The predicted octanol–water partition coefficient (Wildman–Crippen LogP) is 2.05. The molecule has 1 aliphatic rings. The minimum absolute atomic E-state index is 0.00341. The summed E-state index contributed by atoms with van der Waals surface area (Å²) in [5.41, 5.74) is -0.0684. The van der Waals surface area contributed by atoms with E-state index in [4.69, 9.17) is 16.3 Å². The van der Waals surface area contributed by atoms with Crippen LogP contribution in [0.1, 0.15) is 44.2 Å². The zero-order valence-electron chi connectivity index (χ0n) is 14.6. The van der Waals surface area contributed by atoms with Crippen LogP contribution in [0, 0.1) is 0 Å². The third-order valence-electron chi connectivity index (χ3n) is 4.38. The molecule has 0 saturated carbocycles. The molecule has 1 fully saturated rings. The predicted molar refractivity (Wildman–Crippen MR) is 95.8 cm³/mol. The molecule has 26 heavy (non-hydrogen) atoms. The van der Waals surface area contributed by atoms with Gasteiger partial charge in [-0.25, -0.2) is 0 Å². The minimum atomic E-state index is -0.969. The average Bonchev–Trinajstić information content (AvgIpc) is 2.54. The van der Waals surface area contributed by atoms with Crippen molar-refractivity contribution < 1.29 is 24.2 Å². The molecule has 8 heteroatoms. The monoisotopic (exact) mass is 382 g/mol. The molecule has 1 aromatic rings. The molecule has 2 amide bonds. The number of carboxylic acids is 1. The molecular formula is C18H23ClN2O5. The maximum atomic E-state index is 12.6. The van der Waals surface area contributed by atoms with E-state index in [1.807, 2.05) is 0 Å². The Hall–Kier alpha value is -2.12. The van der Waals surface area contributed by atoms with Crippen molar-refractivity contribution >= 4 is 29.4 Å². The van der Waals surface area contributed by atoms with Gasteiger partial charge in [0.05, 0.1) is 24.4 Å². The van der Waals surface area contributed by atoms with Crippen molar-refractivity contribution in [1.29, 1.82) is 0 Å². The summed E-state index contributed by atoms with van der Waals surface area (Å²) in [6.07, 6.45) is 0.727. The van der Waals surface area contributed by atoms with E-state index < -0.39 is 17.6 Å². The molecule has 3 N–H and O–H groups in total. The van der Waals surface area contributed by atoms with Gasteiger partial charge in [0.15, 0.2) is 0 Å². The summed E-state index contributed by atoms with van der Waals surface area (Å²) in [6.45, 7) is 2.19. The average molecular weight is 383 g/mol. The molecule has 1 atom stereocenters. The Morgan fingerprint density at radius 1 is 1.23 bits per heavy atom. The fraction of sp³-hybridized carbons (Fsp3) is 0.500. The number of aliphatic carboxylic acids is 1. The van der Waals surface area contributed by atoms with Crippen molar-refractivity contribution in [3.8, 4) is 0 Å². The van der Waals surface area contributed by atoms with Gasteiger partial charge in [-0.2, -0.15) is 0 Å². The highest BCUT2D eigenvalue weighted by Crippen LogP contribution is 2.26. The van der Waals surface area contributed by atoms with Crippen LogP contribution in [0.25, 0.3) is 0 Å². The van der Waals surface area contributed by atoms with Gasteiger partial charge in [-0.1, -0.05) is 23.7 Å². The van der Waals surface area contributed by atoms with Gasteiger partial charge < -0.3 is 20.5 Å². The van der Waals surface area contributed by atoms with E-state index >= 15 is 0 Å². The van der Waals surface area contributed by atoms with Gasteiger partial charge in [-0.05, 0) is 30.5 Å². The standard InChI is InChI=1S/C18H23ClN2O5/c1-12(22)20-15(13-2-4-14(19)5-3-13)10-16(23)21-18(11-17(24)25)6-8-26-9-7-18/h2-5,15H,6-11H2,1H3,(H,20,22)(H,21,23)(H,24,25). The summed E-state index contributed by atoms with van der Waals surface area (Å²) in [5.74, 6) is -1.55. The first kappa shape index (κ1) is 20.2. The van der Waals surface area contributed by atoms with Crippen LogP contribution >= 0.6 is 11.6 Å². The number of rotatable bonds is 7. The Balaban J connectivity index is 2.10. The maximum absolute atomic E-state index is 12.6. The molecule has 0 aromatic heterocycles. The van der Waals surface area contributed by atoms with Crippen LogP contribution in [-0.4, -0.2) is 41.6 Å². The first-order valence-corrected chi connectivity index (χ1v) is 8.81. The van der Waals surface area contributed by atoms with E-state index in [2.05, 4.69) is 10.6 Å². The number of nitrogens with one attached hydrogen (secondary N) is 2. The van der Waals surface area contributed by atoms with Crippen LogP contribution in [0.15, 0.2) is 24.3 Å². The zero-order valence-corrected chi connectivity index (χ0v) is 15.3. The lowest BCUT2D eigenvalue weighted by molar-refractivity contribution is -0.140. The lowest BCUT2D eigenvalue weighted by Gasteiger charge is -2.37. The van der Waals surface area contributed by atoms with Crippen molar-refractivity contribution in [2.24, 2.45) is 0 Å². The number of carboxylic acid groups (broad SMARTS) is 1. The number of ether oxygens (including phenoxy) is 1. The molecule has 0 radical (unpaired) electrons. The molecule has 0 spiro atoms. The smallest absolute Gasteiger partial charge is 0.305 e. The molecule has 1 unspecified atom stereocenters. The van der Waals surface area contributed by atoms with E-state index in [1.54, 1.807) is 24.3 Å². The van der Waals surface area contributed by atoms with Gasteiger partial charge in [-0.3, -0.25) is 14.4 Å². The Labute approximate surface area is 157 Å². The first-order valence-electron chi connectivity index (χ1n) is 8.43. The van der Waals surface area contributed by atoms with E-state index in [0.717, 1.165) is 5.56 Å². The molecule has 1 saturated heterocycles. The Kier molecular flexibility index (Phi) is 6.99. The maximum Gasteiger partial charge on any atom is 0.305 e. The van der Waals surface area contributed by atoms with Crippen LogP contribution < -0.4 is 10.6 Å². The molecule has 1 aliphatic heterocycles. The summed E-state index contributed by atoms with van der Waals surface area (Å²) in [6, 6.07) is 6.35. The molecule has 7 nitrogen and oxygen atoms in total. The summed E-state index contributed by atoms with van der Waals surface area (Å²) in [4.78, 5) is 35.3. The molecule has 0 bridgehead atoms. The number of halogens is 1. The van der Waals surface area contributed by atoms with Crippen molar-refractivity contribution in [3.63, 3.8) is 0 Å². The van der Waals surface area contributed by atoms with Gasteiger partial charge in [0, 0.05) is 25.2 Å². The fourth-order valence-electron chi connectivity index (χ4n) is 3.12. The molecule has 2 rings (SSSR count). The van der Waals surface area contributed by atoms with Crippen molar-refractivity contribution in [1.82, 2.24) is 10.6 Å². The number of benzene rings is 1. The van der Waals surface area contributed by atoms with Gasteiger partial charge in [0.1, 0.15) is 0 Å². The third-order valence-corrected chi connectivity index (χ3v) is 4.64. The van der Waals surface area contributed by atoms with Crippen LogP contribution in [0.2, 0.25) is 5.02 Å². The fourth-order valence-corrected chi connectivity index (χ4v) is 3.25. The highest BCUT2D eigenvalue weighted by atomic mass is 35.5. The number of hydrogen-bond donors (Lipinski definition) is 3. The molecule has 142 valence electrons. The summed E-state index contributed by atoms with van der Waals surface area (Å²) in [5, 5.41) is 15.4. The van der Waals surface area contributed by atoms with Gasteiger partial charge in [-0.15, -0.1) is 0 Å². The van der Waals surface area contributed by atoms with Crippen LogP contribution in [0.3, 0.4) is 0 Å². The summed E-state index contributed by atoms with van der Waals surface area (Å²) < 4.78 is 5.29. The largest absolute Gasteiger partial charge is 0.481 e. The van der Waals surface area contributed by atoms with Crippen LogP contribution in [0.4, 0.5) is 0 Å². The van der Waals surface area contributed by atoms with Crippen molar-refractivity contribution in [3.05, 3.63) is 34.9 Å². The molecule has 0 aliphatic carbocycles. The van der Waals surface area contributed by atoms with Gasteiger partial charge in [0.2, 0.25) is 11.8 Å². The quantitative estimate of drug-likeness (QED) is 0.669. The Morgan fingerprint density at radius 3 is 2.38 bits per heavy atom. The zero-order chi connectivity index (χ0) is 19.2. The number of amides is 2. The highest BCUT2D eigenvalue weighted by molar-refractivity contribution is 6.30. The van der Waals surface area contributed by atoms with E-state index in [1.165, 1.54) is 6.92 Å². The van der Waals surface area contributed by atoms with Gasteiger partial charge in [0.25, 0.3) is 0 Å². The number of hydrogen-bond acceptors (Lipinski definition) is 4. The summed E-state index contributed by atoms with van der Waals surface area (Å²) in [7, 11) is 0. The van der Waals surface area contributed by atoms with Crippen molar-refractivity contribution in [2.45, 2.75) is 44.2 Å². The second kappa shape index (κ2) is 9.00. The van der Waals surface area contributed by atoms with Crippen LogP contribution in [0.5, 0.6) is 0 Å². The van der Waals surface area contributed by atoms with Crippen LogP contribution in [-0.2, 0) is 19.1 Å². The lowest BCUT2D eigenvalue weighted by atomic mass is 9.86. The second-order valence-corrected chi connectivity index (χ2v) is 6.96. The Morgan fingerprint density at radius 2 is 1.85 bits per heavy atom. The lowest BCUT2D eigenvalue weighted by Crippen LogP contribution is -2.53. The SMILES string of the molecule is CC(=O)NC(CC(=O)NC1(CC(=O)O)CCOCC1)c1ccc(Cl)cc1. The molecular weight excluding hydrogens is 360 g/mol. The number of carbonyl (C=O) groups is 3. The topological polar surface area (TPSA) is 105 Å². The normalized spacial score (nSPS) is 17.2. The van der Waals surface area contributed by atoms with E-state index in [-0.39, 0.29) is 24.7 Å². The number of carbonyl (C=O) groups excluding carboxylic acids is 2. The summed E-state index contributed by atoms with van der Waals surface area (Å²) >= 11 is 5.89. The van der Waals surface area contributed by atoms with E-state index in [0.29, 0.717) is 31.1 Å². The third kappa shape index (κ3) is 6.00. The van der Waals surface area contributed by atoms with Crippen molar-refractivity contribution in [2.75, 3.05) is 13.2 Å². The molecule has 1 heterocycles. The van der Waals surface area contributed by atoms with E-state index in [9.17, 15) is 19.5 Å². The highest BCUT2D eigenvalue weighted by Gasteiger charge is 2.36.